The van der Waals surface area contributed by atoms with E-state index < -0.39 is 6.04 Å². The molecule has 0 bridgehead atoms. The number of anilines is 2. The number of benzene rings is 2. The Hall–Kier alpha value is -2.48. The predicted octanol–water partition coefficient (Wildman–Crippen LogP) is 3.27. The van der Waals surface area contributed by atoms with E-state index in [9.17, 15) is 9.59 Å². The molecule has 0 aliphatic rings. The zero-order chi connectivity index (χ0) is 23.0. The van der Waals surface area contributed by atoms with E-state index in [1.54, 1.807) is 50.4 Å². The van der Waals surface area contributed by atoms with Crippen molar-refractivity contribution in [1.29, 1.82) is 0 Å². The molecular formula is C22H28Cl2N3O4+. The topological polar surface area (TPSA) is 81.1 Å². The number of likely N-dealkylation sites (N-methyl/N-ethyl adjacent to an activating group) is 1. The van der Waals surface area contributed by atoms with Gasteiger partial charge in [-0.25, -0.2) is 0 Å². The summed E-state index contributed by atoms with van der Waals surface area (Å²) in [6.07, 6.45) is 0. The van der Waals surface area contributed by atoms with Crippen LogP contribution in [-0.4, -0.2) is 44.7 Å². The third-order valence-electron chi connectivity index (χ3n) is 4.59. The number of amides is 2. The summed E-state index contributed by atoms with van der Waals surface area (Å²) in [5, 5.41) is 6.45. The van der Waals surface area contributed by atoms with Crippen molar-refractivity contribution in [2.45, 2.75) is 26.8 Å². The van der Waals surface area contributed by atoms with Gasteiger partial charge in [0, 0.05) is 16.8 Å². The summed E-state index contributed by atoms with van der Waals surface area (Å²) >= 11 is 12.1. The van der Waals surface area contributed by atoms with E-state index in [-0.39, 0.29) is 18.4 Å². The normalized spacial score (nSPS) is 12.6. The van der Waals surface area contributed by atoms with E-state index in [1.165, 1.54) is 0 Å². The Labute approximate surface area is 192 Å². The van der Waals surface area contributed by atoms with E-state index >= 15 is 0 Å². The molecule has 0 saturated heterocycles. The fourth-order valence-corrected chi connectivity index (χ4v) is 3.14. The fourth-order valence-electron chi connectivity index (χ4n) is 2.80. The molecule has 0 aliphatic heterocycles. The average Bonchev–Trinajstić information content (AvgIpc) is 2.72. The molecule has 0 aliphatic carbocycles. The van der Waals surface area contributed by atoms with Gasteiger partial charge in [0.25, 0.3) is 11.8 Å². The number of nitrogens with one attached hydrogen (secondary N) is 3. The Morgan fingerprint density at radius 3 is 2.35 bits per heavy atom. The average molecular weight is 469 g/mol. The molecule has 2 aromatic rings. The molecule has 0 spiro atoms. The van der Waals surface area contributed by atoms with Crippen LogP contribution in [0.5, 0.6) is 11.5 Å². The lowest BCUT2D eigenvalue weighted by Crippen LogP contribution is -3.14. The number of carbonyl (C=O) groups is 2. The van der Waals surface area contributed by atoms with Gasteiger partial charge in [0.1, 0.15) is 0 Å². The third kappa shape index (κ3) is 7.31. The van der Waals surface area contributed by atoms with Crippen molar-refractivity contribution in [2.75, 3.05) is 37.4 Å². The predicted molar refractivity (Wildman–Crippen MR) is 124 cm³/mol. The quantitative estimate of drug-likeness (QED) is 0.499. The summed E-state index contributed by atoms with van der Waals surface area (Å²) in [6.45, 7) is 6.59. The molecule has 9 heteroatoms. The van der Waals surface area contributed by atoms with Crippen molar-refractivity contribution in [3.05, 3.63) is 46.4 Å². The first kappa shape index (κ1) is 24.8. The van der Waals surface area contributed by atoms with Gasteiger partial charge in [0.2, 0.25) is 0 Å². The van der Waals surface area contributed by atoms with E-state index in [1.807, 2.05) is 13.8 Å². The van der Waals surface area contributed by atoms with Gasteiger partial charge in [-0.3, -0.25) is 9.59 Å². The number of quaternary nitrogens is 1. The maximum atomic E-state index is 12.6. The van der Waals surface area contributed by atoms with Gasteiger partial charge >= 0.3 is 0 Å². The first-order valence-electron chi connectivity index (χ1n) is 10.0. The molecule has 1 unspecified atom stereocenters. The Morgan fingerprint density at radius 2 is 1.68 bits per heavy atom. The molecule has 31 heavy (non-hydrogen) atoms. The number of hydrogen-bond acceptors (Lipinski definition) is 4. The molecule has 0 saturated carbocycles. The van der Waals surface area contributed by atoms with Crippen LogP contribution in [-0.2, 0) is 9.59 Å². The van der Waals surface area contributed by atoms with Gasteiger partial charge in [0.05, 0.1) is 31.0 Å². The molecule has 0 fully saturated rings. The van der Waals surface area contributed by atoms with Crippen LogP contribution in [0.1, 0.15) is 20.8 Å². The molecule has 3 N–H and O–H groups in total. The smallest absolute Gasteiger partial charge is 0.282 e. The maximum absolute atomic E-state index is 12.6. The van der Waals surface area contributed by atoms with Gasteiger partial charge in [-0.2, -0.15) is 0 Å². The van der Waals surface area contributed by atoms with Crippen LogP contribution < -0.4 is 25.0 Å². The first-order chi connectivity index (χ1) is 14.7. The molecular weight excluding hydrogens is 441 g/mol. The zero-order valence-electron chi connectivity index (χ0n) is 18.1. The minimum absolute atomic E-state index is 0.0923. The second kappa shape index (κ2) is 11.8. The maximum Gasteiger partial charge on any atom is 0.282 e. The molecule has 2 aromatic carbocycles. The van der Waals surface area contributed by atoms with E-state index in [0.717, 1.165) is 0 Å². The van der Waals surface area contributed by atoms with E-state index in [2.05, 4.69) is 10.6 Å². The van der Waals surface area contributed by atoms with Crippen LogP contribution in [0.3, 0.4) is 0 Å². The fraction of sp³-hybridized carbons (Fsp3) is 0.364. The second-order valence-electron chi connectivity index (χ2n) is 6.93. The lowest BCUT2D eigenvalue weighted by Gasteiger charge is -2.21. The van der Waals surface area contributed by atoms with Crippen molar-refractivity contribution >= 4 is 46.4 Å². The summed E-state index contributed by atoms with van der Waals surface area (Å²) in [7, 11) is 1.77. The van der Waals surface area contributed by atoms with Crippen LogP contribution in [0.4, 0.5) is 11.4 Å². The standard InChI is InChI=1S/C22H27Cl2N3O4/c1-5-30-19-10-8-16(12-20(19)31-6-2)25-21(28)13-27(4)14(3)22(29)26-18-11-15(23)7-9-17(18)24/h7-12,14H,5-6,13H2,1-4H3,(H,25,28)(H,26,29)/p+1/t14-/m1/s1. The van der Waals surface area contributed by atoms with E-state index in [4.69, 9.17) is 32.7 Å². The van der Waals surface area contributed by atoms with Crippen molar-refractivity contribution in [3.8, 4) is 11.5 Å². The largest absolute Gasteiger partial charge is 0.490 e. The van der Waals surface area contributed by atoms with Gasteiger partial charge in [-0.1, -0.05) is 23.2 Å². The Kier molecular flexibility index (Phi) is 9.43. The monoisotopic (exact) mass is 468 g/mol. The van der Waals surface area contributed by atoms with Gasteiger partial charge in [-0.05, 0) is 51.1 Å². The van der Waals surface area contributed by atoms with Crippen molar-refractivity contribution in [3.63, 3.8) is 0 Å². The molecule has 2 amide bonds. The SMILES string of the molecule is CCOc1ccc(NC(=O)C[NH+](C)[C@H](C)C(=O)Nc2cc(Cl)ccc2Cl)cc1OCC. The minimum Gasteiger partial charge on any atom is -0.490 e. The molecule has 0 radical (unpaired) electrons. The van der Waals surface area contributed by atoms with Gasteiger partial charge < -0.3 is 25.0 Å². The third-order valence-corrected chi connectivity index (χ3v) is 5.15. The van der Waals surface area contributed by atoms with Crippen LogP contribution in [0.25, 0.3) is 0 Å². The number of carbonyl (C=O) groups excluding carboxylic acids is 2. The Morgan fingerprint density at radius 1 is 1.00 bits per heavy atom. The van der Waals surface area contributed by atoms with Crippen molar-refractivity contribution < 1.29 is 24.0 Å². The lowest BCUT2D eigenvalue weighted by atomic mass is 10.2. The Bertz CT molecular complexity index is 924. The van der Waals surface area contributed by atoms with Crippen LogP contribution in [0.15, 0.2) is 36.4 Å². The van der Waals surface area contributed by atoms with Gasteiger partial charge in [-0.15, -0.1) is 0 Å². The van der Waals surface area contributed by atoms with Crippen LogP contribution >= 0.6 is 23.2 Å². The number of halogens is 2. The molecule has 2 rings (SSSR count). The lowest BCUT2D eigenvalue weighted by molar-refractivity contribution is -0.885. The van der Waals surface area contributed by atoms with E-state index in [0.29, 0.717) is 51.0 Å². The molecule has 2 atom stereocenters. The second-order valence-corrected chi connectivity index (χ2v) is 7.78. The molecule has 168 valence electrons. The van der Waals surface area contributed by atoms with Crippen molar-refractivity contribution in [2.24, 2.45) is 0 Å². The molecule has 0 heterocycles. The van der Waals surface area contributed by atoms with Crippen LogP contribution in [0, 0.1) is 0 Å². The molecule has 0 aromatic heterocycles. The highest BCUT2D eigenvalue weighted by Crippen LogP contribution is 2.30. The summed E-state index contributed by atoms with van der Waals surface area (Å²) < 4.78 is 11.1. The highest BCUT2D eigenvalue weighted by molar-refractivity contribution is 6.35. The highest BCUT2D eigenvalue weighted by Gasteiger charge is 2.25. The number of rotatable bonds is 10. The summed E-state index contributed by atoms with van der Waals surface area (Å²) in [4.78, 5) is 25.8. The summed E-state index contributed by atoms with van der Waals surface area (Å²) in [6, 6.07) is 9.56. The zero-order valence-corrected chi connectivity index (χ0v) is 19.6. The minimum atomic E-state index is -0.500. The molecule has 7 nitrogen and oxygen atoms in total. The highest BCUT2D eigenvalue weighted by atomic mass is 35.5. The number of hydrogen-bond donors (Lipinski definition) is 3. The van der Waals surface area contributed by atoms with Gasteiger partial charge in [0.15, 0.2) is 24.1 Å². The summed E-state index contributed by atoms with van der Waals surface area (Å²) in [5.74, 6) is 0.683. The van der Waals surface area contributed by atoms with Crippen LogP contribution in [0.2, 0.25) is 10.0 Å². The first-order valence-corrected chi connectivity index (χ1v) is 10.8. The van der Waals surface area contributed by atoms with Crippen molar-refractivity contribution in [1.82, 2.24) is 0 Å². The summed E-state index contributed by atoms with van der Waals surface area (Å²) in [5.41, 5.74) is 1.02. The Balaban J connectivity index is 1.97. The number of ether oxygens (including phenoxy) is 2.